The highest BCUT2D eigenvalue weighted by Gasteiger charge is 2.14. The Bertz CT molecular complexity index is 1060. The summed E-state index contributed by atoms with van der Waals surface area (Å²) in [6.07, 6.45) is 3.16. The van der Waals surface area contributed by atoms with Crippen LogP contribution in [0.15, 0.2) is 48.5 Å². The van der Waals surface area contributed by atoms with E-state index in [1.165, 1.54) is 6.08 Å². The first-order valence-electron chi connectivity index (χ1n) is 10.9. The van der Waals surface area contributed by atoms with Crippen molar-refractivity contribution < 1.29 is 14.3 Å². The van der Waals surface area contributed by atoms with Crippen LogP contribution >= 0.6 is 0 Å². The summed E-state index contributed by atoms with van der Waals surface area (Å²) in [6.45, 7) is 10.1. The van der Waals surface area contributed by atoms with Crippen LogP contribution < -0.4 is 14.8 Å². The maximum atomic E-state index is 12.4. The molecule has 32 heavy (non-hydrogen) atoms. The lowest BCUT2D eigenvalue weighted by atomic mass is 10.2. The smallest absolute Gasteiger partial charge is 0.248 e. The third-order valence-corrected chi connectivity index (χ3v) is 5.26. The molecule has 0 spiro atoms. The van der Waals surface area contributed by atoms with E-state index in [2.05, 4.69) is 48.1 Å². The number of benzene rings is 2. The van der Waals surface area contributed by atoms with Gasteiger partial charge in [-0.3, -0.25) is 14.8 Å². The quantitative estimate of drug-likeness (QED) is 0.450. The first kappa shape index (κ1) is 23.3. The summed E-state index contributed by atoms with van der Waals surface area (Å²) in [6, 6.07) is 14.1. The van der Waals surface area contributed by atoms with Crippen LogP contribution in [0.1, 0.15) is 33.4 Å². The number of aromatic amines is 1. The summed E-state index contributed by atoms with van der Waals surface area (Å²) in [5.41, 5.74) is 2.27. The minimum atomic E-state index is -0.252. The summed E-state index contributed by atoms with van der Waals surface area (Å²) in [7, 11) is 1.59. The molecular formula is C25H32N4O3. The van der Waals surface area contributed by atoms with E-state index in [0.717, 1.165) is 17.4 Å². The van der Waals surface area contributed by atoms with Gasteiger partial charge >= 0.3 is 0 Å². The molecule has 0 saturated heterocycles. The van der Waals surface area contributed by atoms with Crippen molar-refractivity contribution in [3.05, 3.63) is 54.2 Å². The fraction of sp³-hybridized carbons (Fsp3) is 0.360. The Morgan fingerprint density at radius 2 is 1.88 bits per heavy atom. The highest BCUT2D eigenvalue weighted by molar-refractivity contribution is 6.03. The van der Waals surface area contributed by atoms with E-state index in [1.54, 1.807) is 25.3 Å². The summed E-state index contributed by atoms with van der Waals surface area (Å²) < 4.78 is 11.4. The third kappa shape index (κ3) is 5.88. The lowest BCUT2D eigenvalue weighted by Gasteiger charge is -2.30. The van der Waals surface area contributed by atoms with E-state index in [-0.39, 0.29) is 5.91 Å². The normalized spacial score (nSPS) is 11.8. The van der Waals surface area contributed by atoms with Gasteiger partial charge in [0.05, 0.1) is 18.3 Å². The van der Waals surface area contributed by atoms with Crippen LogP contribution in [0.3, 0.4) is 0 Å². The van der Waals surface area contributed by atoms with Crippen molar-refractivity contribution in [2.45, 2.75) is 39.8 Å². The topological polar surface area (TPSA) is 79.5 Å². The molecule has 1 heterocycles. The summed E-state index contributed by atoms with van der Waals surface area (Å²) in [4.78, 5) is 14.8. The first-order chi connectivity index (χ1) is 15.4. The number of ether oxygens (including phenoxy) is 2. The monoisotopic (exact) mass is 436 g/mol. The van der Waals surface area contributed by atoms with Crippen LogP contribution in [-0.4, -0.2) is 53.3 Å². The Hall–Kier alpha value is -3.32. The molecule has 0 radical (unpaired) electrons. The van der Waals surface area contributed by atoms with Crippen molar-refractivity contribution in [2.75, 3.05) is 25.6 Å². The lowest BCUT2D eigenvalue weighted by molar-refractivity contribution is -0.111. The SMILES string of the molecule is COc1cc(NC(=O)/C=C/c2n[nH]c3ccccc23)ccc1OCCN(C(C)C)C(C)C. The van der Waals surface area contributed by atoms with Gasteiger partial charge in [-0.25, -0.2) is 0 Å². The molecule has 7 heteroatoms. The van der Waals surface area contributed by atoms with Crippen molar-refractivity contribution >= 4 is 28.6 Å². The van der Waals surface area contributed by atoms with Gasteiger partial charge in [0.15, 0.2) is 11.5 Å². The van der Waals surface area contributed by atoms with Crippen LogP contribution in [0.25, 0.3) is 17.0 Å². The minimum Gasteiger partial charge on any atom is -0.493 e. The van der Waals surface area contributed by atoms with Gasteiger partial charge in [-0.15, -0.1) is 0 Å². The number of H-pyrrole nitrogens is 1. The molecule has 0 saturated carbocycles. The fourth-order valence-corrected chi connectivity index (χ4v) is 3.69. The number of fused-ring (bicyclic) bond motifs is 1. The van der Waals surface area contributed by atoms with Crippen molar-refractivity contribution in [3.63, 3.8) is 0 Å². The third-order valence-electron chi connectivity index (χ3n) is 5.26. The highest BCUT2D eigenvalue weighted by Crippen LogP contribution is 2.30. The second-order valence-corrected chi connectivity index (χ2v) is 8.12. The number of aromatic nitrogens is 2. The molecule has 1 aromatic heterocycles. The maximum Gasteiger partial charge on any atom is 0.248 e. The molecule has 7 nitrogen and oxygen atoms in total. The van der Waals surface area contributed by atoms with E-state index in [4.69, 9.17) is 9.47 Å². The Kier molecular flexibility index (Phi) is 7.89. The molecule has 2 N–H and O–H groups in total. The van der Waals surface area contributed by atoms with Gasteiger partial charge in [0.25, 0.3) is 0 Å². The number of rotatable bonds is 10. The molecule has 3 aromatic rings. The van der Waals surface area contributed by atoms with E-state index in [9.17, 15) is 4.79 Å². The van der Waals surface area contributed by atoms with Gasteiger partial charge in [-0.1, -0.05) is 18.2 Å². The van der Waals surface area contributed by atoms with Crippen molar-refractivity contribution in [2.24, 2.45) is 0 Å². The Morgan fingerprint density at radius 1 is 1.12 bits per heavy atom. The number of hydrogen-bond acceptors (Lipinski definition) is 5. The zero-order chi connectivity index (χ0) is 23.1. The Labute approximate surface area is 189 Å². The molecule has 0 aliphatic heterocycles. The molecule has 2 aromatic carbocycles. The fourth-order valence-electron chi connectivity index (χ4n) is 3.69. The predicted molar refractivity (Wildman–Crippen MR) is 129 cm³/mol. The van der Waals surface area contributed by atoms with Crippen LogP contribution in [-0.2, 0) is 4.79 Å². The van der Waals surface area contributed by atoms with Crippen molar-refractivity contribution in [3.8, 4) is 11.5 Å². The highest BCUT2D eigenvalue weighted by atomic mass is 16.5. The molecule has 0 fully saturated rings. The van der Waals surface area contributed by atoms with Crippen molar-refractivity contribution in [1.82, 2.24) is 15.1 Å². The van der Waals surface area contributed by atoms with Crippen LogP contribution in [0.5, 0.6) is 11.5 Å². The lowest BCUT2D eigenvalue weighted by Crippen LogP contribution is -2.39. The number of carbonyl (C=O) groups is 1. The molecule has 170 valence electrons. The van der Waals surface area contributed by atoms with Crippen LogP contribution in [0, 0.1) is 0 Å². The number of nitrogens with zero attached hydrogens (tertiary/aromatic N) is 2. The maximum absolute atomic E-state index is 12.4. The Balaban J connectivity index is 1.60. The summed E-state index contributed by atoms with van der Waals surface area (Å²) in [5, 5.41) is 11.0. The molecule has 0 atom stereocenters. The number of para-hydroxylation sites is 1. The Morgan fingerprint density at radius 3 is 2.59 bits per heavy atom. The van der Waals surface area contributed by atoms with Gasteiger partial charge in [-0.2, -0.15) is 5.10 Å². The van der Waals surface area contributed by atoms with Crippen LogP contribution in [0.2, 0.25) is 0 Å². The zero-order valence-electron chi connectivity index (χ0n) is 19.4. The molecular weight excluding hydrogens is 404 g/mol. The van der Waals surface area contributed by atoms with Crippen LogP contribution in [0.4, 0.5) is 5.69 Å². The summed E-state index contributed by atoms with van der Waals surface area (Å²) in [5.74, 6) is 0.972. The molecule has 3 rings (SSSR count). The molecule has 1 amide bonds. The van der Waals surface area contributed by atoms with E-state index in [0.29, 0.717) is 41.6 Å². The van der Waals surface area contributed by atoms with Gasteiger partial charge in [0.1, 0.15) is 6.61 Å². The van der Waals surface area contributed by atoms with Gasteiger partial charge in [0, 0.05) is 41.8 Å². The minimum absolute atomic E-state index is 0.252. The van der Waals surface area contributed by atoms with Crippen molar-refractivity contribution in [1.29, 1.82) is 0 Å². The number of carbonyl (C=O) groups excluding carboxylic acids is 1. The zero-order valence-corrected chi connectivity index (χ0v) is 19.4. The first-order valence-corrected chi connectivity index (χ1v) is 10.9. The van der Waals surface area contributed by atoms with E-state index < -0.39 is 0 Å². The molecule has 0 aliphatic rings. The average molecular weight is 437 g/mol. The second kappa shape index (κ2) is 10.8. The molecule has 0 aliphatic carbocycles. The number of amides is 1. The van der Waals surface area contributed by atoms with E-state index >= 15 is 0 Å². The number of hydrogen-bond donors (Lipinski definition) is 2. The van der Waals surface area contributed by atoms with E-state index in [1.807, 2.05) is 30.3 Å². The van der Waals surface area contributed by atoms with Gasteiger partial charge in [-0.05, 0) is 52.0 Å². The largest absolute Gasteiger partial charge is 0.493 e. The predicted octanol–water partition coefficient (Wildman–Crippen LogP) is 4.72. The standard InChI is InChI=1S/C25H32N4O3/c1-17(2)29(18(3)4)14-15-32-23-12-10-19(16-24(23)31-5)26-25(30)13-11-22-20-8-6-7-9-21(20)27-28-22/h6-13,16-18H,14-15H2,1-5H3,(H,26,30)(H,27,28)/b13-11+. The average Bonchev–Trinajstić information content (AvgIpc) is 3.18. The summed E-state index contributed by atoms with van der Waals surface area (Å²) >= 11 is 0. The number of nitrogens with one attached hydrogen (secondary N) is 2. The number of methoxy groups -OCH3 is 1. The number of anilines is 1. The van der Waals surface area contributed by atoms with Gasteiger partial charge in [0.2, 0.25) is 5.91 Å². The molecule has 0 bridgehead atoms. The second-order valence-electron chi connectivity index (χ2n) is 8.12. The molecule has 0 unspecified atom stereocenters. The van der Waals surface area contributed by atoms with Gasteiger partial charge < -0.3 is 14.8 Å².